The number of hydrogen-bond donors (Lipinski definition) is 1. The number of rotatable bonds is 2. The van der Waals surface area contributed by atoms with Crippen molar-refractivity contribution in [3.05, 3.63) is 48.0 Å². The average molecular weight is 245 g/mol. The molecule has 0 fully saturated rings. The van der Waals surface area contributed by atoms with E-state index in [2.05, 4.69) is 0 Å². The number of hydrogen-bond acceptors (Lipinski definition) is 3. The molecule has 3 rings (SSSR count). The maximum Gasteiger partial charge on any atom is 0.204 e. The maximum absolute atomic E-state index is 13.5. The molecule has 0 aliphatic heterocycles. The van der Waals surface area contributed by atoms with Gasteiger partial charge in [-0.3, -0.25) is 4.79 Å². The summed E-state index contributed by atoms with van der Waals surface area (Å²) in [4.78, 5) is 12.2. The van der Waals surface area contributed by atoms with Crippen molar-refractivity contribution in [1.29, 1.82) is 0 Å². The molecule has 3 nitrogen and oxygen atoms in total. The predicted octanol–water partition coefficient (Wildman–Crippen LogP) is 2.66. The second-order valence-corrected chi connectivity index (χ2v) is 4.52. The van der Waals surface area contributed by atoms with Crippen molar-refractivity contribution in [2.45, 2.75) is 12.5 Å². The number of halogens is 1. The molecule has 1 heterocycles. The Morgan fingerprint density at radius 3 is 2.89 bits per heavy atom. The van der Waals surface area contributed by atoms with Crippen LogP contribution in [0, 0.1) is 11.7 Å². The van der Waals surface area contributed by atoms with Crippen LogP contribution in [0.1, 0.15) is 17.0 Å². The molecule has 1 aliphatic rings. The summed E-state index contributed by atoms with van der Waals surface area (Å²) >= 11 is 0. The minimum atomic E-state index is -0.454. The van der Waals surface area contributed by atoms with Crippen molar-refractivity contribution in [3.63, 3.8) is 0 Å². The van der Waals surface area contributed by atoms with Gasteiger partial charge in [-0.05, 0) is 18.6 Å². The highest BCUT2D eigenvalue weighted by Crippen LogP contribution is 2.27. The Labute approximate surface area is 103 Å². The maximum atomic E-state index is 13.5. The Kier molecular flexibility index (Phi) is 2.52. The summed E-state index contributed by atoms with van der Waals surface area (Å²) in [6.07, 6.45) is 4.18. The minimum Gasteiger partial charge on any atom is -0.450 e. The number of furan rings is 1. The molecule has 0 radical (unpaired) electrons. The molecule has 0 saturated heterocycles. The van der Waals surface area contributed by atoms with E-state index in [0.717, 1.165) is 0 Å². The number of carbonyl (C=O) groups excluding carboxylic acids is 1. The van der Waals surface area contributed by atoms with E-state index in [9.17, 15) is 9.18 Å². The van der Waals surface area contributed by atoms with E-state index in [0.29, 0.717) is 11.8 Å². The fraction of sp³-hybridized carbons (Fsp3) is 0.214. The molecule has 2 unspecified atom stereocenters. The van der Waals surface area contributed by atoms with Crippen molar-refractivity contribution in [3.8, 4) is 0 Å². The van der Waals surface area contributed by atoms with Gasteiger partial charge in [0.25, 0.3) is 0 Å². The van der Waals surface area contributed by atoms with Gasteiger partial charge in [-0.25, -0.2) is 4.39 Å². The first-order valence-electron chi connectivity index (χ1n) is 5.81. The van der Waals surface area contributed by atoms with Crippen LogP contribution in [0.25, 0.3) is 11.0 Å². The monoisotopic (exact) mass is 245 g/mol. The second-order valence-electron chi connectivity index (χ2n) is 4.52. The van der Waals surface area contributed by atoms with Crippen LogP contribution < -0.4 is 5.73 Å². The Bertz CT molecular complexity index is 644. The Hall–Kier alpha value is -1.94. The first-order chi connectivity index (χ1) is 8.65. The quantitative estimate of drug-likeness (QED) is 0.653. The zero-order chi connectivity index (χ0) is 12.7. The van der Waals surface area contributed by atoms with E-state index in [-0.39, 0.29) is 29.1 Å². The highest BCUT2D eigenvalue weighted by atomic mass is 19.1. The van der Waals surface area contributed by atoms with Crippen LogP contribution in [-0.4, -0.2) is 11.8 Å². The molecule has 0 saturated carbocycles. The molecule has 1 aromatic heterocycles. The van der Waals surface area contributed by atoms with Crippen molar-refractivity contribution in [2.24, 2.45) is 11.7 Å². The van der Waals surface area contributed by atoms with Gasteiger partial charge < -0.3 is 10.2 Å². The van der Waals surface area contributed by atoms with E-state index in [4.69, 9.17) is 10.2 Å². The first kappa shape index (κ1) is 11.2. The van der Waals surface area contributed by atoms with Gasteiger partial charge in [-0.2, -0.15) is 0 Å². The lowest BCUT2D eigenvalue weighted by Gasteiger charge is -2.05. The smallest absolute Gasteiger partial charge is 0.204 e. The van der Waals surface area contributed by atoms with Gasteiger partial charge in [0.05, 0.1) is 0 Å². The number of allylic oxidation sites excluding steroid dienone is 1. The van der Waals surface area contributed by atoms with Crippen molar-refractivity contribution in [1.82, 2.24) is 0 Å². The van der Waals surface area contributed by atoms with Gasteiger partial charge in [-0.15, -0.1) is 0 Å². The third-order valence-corrected chi connectivity index (χ3v) is 3.19. The normalized spacial score (nSPS) is 22.8. The Morgan fingerprint density at radius 2 is 2.22 bits per heavy atom. The van der Waals surface area contributed by atoms with E-state index in [1.165, 1.54) is 6.07 Å². The Balaban J connectivity index is 1.97. The molecule has 0 spiro atoms. The fourth-order valence-corrected chi connectivity index (χ4v) is 2.25. The number of fused-ring (bicyclic) bond motifs is 1. The lowest BCUT2D eigenvalue weighted by molar-refractivity contribution is 0.0917. The highest BCUT2D eigenvalue weighted by Gasteiger charge is 2.26. The molecular weight excluding hydrogens is 233 g/mol. The van der Waals surface area contributed by atoms with Gasteiger partial charge in [0.2, 0.25) is 5.78 Å². The zero-order valence-corrected chi connectivity index (χ0v) is 9.60. The first-order valence-corrected chi connectivity index (χ1v) is 5.81. The second kappa shape index (κ2) is 4.07. The molecule has 18 heavy (non-hydrogen) atoms. The zero-order valence-electron chi connectivity index (χ0n) is 9.60. The summed E-state index contributed by atoms with van der Waals surface area (Å²) in [7, 11) is 0. The largest absolute Gasteiger partial charge is 0.450 e. The van der Waals surface area contributed by atoms with E-state index in [1.807, 2.05) is 6.08 Å². The van der Waals surface area contributed by atoms with Crippen LogP contribution in [0.3, 0.4) is 0 Å². The summed E-state index contributed by atoms with van der Waals surface area (Å²) in [6.45, 7) is 0. The number of para-hydroxylation sites is 1. The topological polar surface area (TPSA) is 56.2 Å². The van der Waals surface area contributed by atoms with E-state index < -0.39 is 5.82 Å². The van der Waals surface area contributed by atoms with Gasteiger partial charge in [0.15, 0.2) is 17.2 Å². The molecule has 1 aliphatic carbocycles. The Morgan fingerprint density at radius 1 is 1.39 bits per heavy atom. The number of ketones is 1. The van der Waals surface area contributed by atoms with Crippen molar-refractivity contribution >= 4 is 16.8 Å². The van der Waals surface area contributed by atoms with E-state index >= 15 is 0 Å². The molecule has 2 N–H and O–H groups in total. The van der Waals surface area contributed by atoms with Gasteiger partial charge in [-0.1, -0.05) is 24.3 Å². The number of Topliss-reactive ketones (excluding diaryl/α,β-unsaturated/α-hetero) is 1. The fourth-order valence-electron chi connectivity index (χ4n) is 2.25. The number of carbonyl (C=O) groups is 1. The van der Waals surface area contributed by atoms with Gasteiger partial charge >= 0.3 is 0 Å². The summed E-state index contributed by atoms with van der Waals surface area (Å²) in [5, 5.41) is 0.602. The molecular formula is C14H12FNO2. The van der Waals surface area contributed by atoms with Gasteiger partial charge in [0.1, 0.15) is 0 Å². The molecule has 2 atom stereocenters. The van der Waals surface area contributed by atoms with Crippen LogP contribution in [0.2, 0.25) is 0 Å². The summed E-state index contributed by atoms with van der Waals surface area (Å²) in [5.41, 5.74) is 5.84. The van der Waals surface area contributed by atoms with Crippen LogP contribution in [0.4, 0.5) is 4.39 Å². The number of benzene rings is 1. The molecule has 4 heteroatoms. The van der Waals surface area contributed by atoms with Crippen molar-refractivity contribution < 1.29 is 13.6 Å². The highest BCUT2D eigenvalue weighted by molar-refractivity contribution is 6.00. The third-order valence-electron chi connectivity index (χ3n) is 3.19. The predicted molar refractivity (Wildman–Crippen MR) is 65.7 cm³/mol. The molecule has 1 aromatic carbocycles. The standard InChI is InChI=1S/C14H12FNO2/c15-11-3-1-2-9-7-12(18-14(9)11)13(17)8-4-5-10(16)6-8/h1-5,7-8,10H,6,16H2. The summed E-state index contributed by atoms with van der Waals surface area (Å²) in [6, 6.07) is 6.12. The minimum absolute atomic E-state index is 0.0833. The lowest BCUT2D eigenvalue weighted by Crippen LogP contribution is -2.18. The molecule has 2 aromatic rings. The summed E-state index contributed by atoms with van der Waals surface area (Å²) < 4.78 is 18.8. The van der Waals surface area contributed by atoms with Gasteiger partial charge in [0, 0.05) is 17.3 Å². The van der Waals surface area contributed by atoms with Crippen LogP contribution in [-0.2, 0) is 0 Å². The molecule has 0 amide bonds. The van der Waals surface area contributed by atoms with Crippen molar-refractivity contribution in [2.75, 3.05) is 0 Å². The van der Waals surface area contributed by atoms with Crippen LogP contribution in [0.15, 0.2) is 40.8 Å². The van der Waals surface area contributed by atoms with Crippen LogP contribution in [0.5, 0.6) is 0 Å². The third kappa shape index (κ3) is 1.75. The SMILES string of the molecule is NC1C=CC(C(=O)c2cc3cccc(F)c3o2)C1. The average Bonchev–Trinajstić information content (AvgIpc) is 2.95. The molecule has 92 valence electrons. The molecule has 0 bridgehead atoms. The van der Waals surface area contributed by atoms with E-state index in [1.54, 1.807) is 24.3 Å². The lowest BCUT2D eigenvalue weighted by atomic mass is 10.0. The van der Waals surface area contributed by atoms with Crippen LogP contribution >= 0.6 is 0 Å². The number of nitrogens with two attached hydrogens (primary N) is 1. The summed E-state index contributed by atoms with van der Waals surface area (Å²) in [5.74, 6) is -0.664.